The van der Waals surface area contributed by atoms with Crippen LogP contribution in [-0.4, -0.2) is 23.1 Å². The maximum Gasteiger partial charge on any atom is 0.347 e. The molecule has 0 fully saturated rings. The first-order chi connectivity index (χ1) is 9.74. The van der Waals surface area contributed by atoms with Gasteiger partial charge in [0.15, 0.2) is 0 Å². The van der Waals surface area contributed by atoms with Crippen LogP contribution in [0.4, 0.5) is 11.5 Å². The van der Waals surface area contributed by atoms with E-state index in [4.69, 9.17) is 11.6 Å². The Hall–Kier alpha value is -1.85. The standard InChI is InChI=1S/C14H15ClN4O/c15-10-3-1-2-4-12(10)17-13-9-5-7-16-8-6-11(9)18-14(20)19-13/h1-4,16H,5-8H2,(H2,17,18,19,20). The lowest BCUT2D eigenvalue weighted by Crippen LogP contribution is -2.18. The third-order valence-corrected chi connectivity index (χ3v) is 3.68. The highest BCUT2D eigenvalue weighted by molar-refractivity contribution is 6.33. The highest BCUT2D eigenvalue weighted by atomic mass is 35.5. The monoisotopic (exact) mass is 290 g/mol. The predicted molar refractivity (Wildman–Crippen MR) is 79.9 cm³/mol. The van der Waals surface area contributed by atoms with Crippen molar-refractivity contribution in [2.75, 3.05) is 18.4 Å². The van der Waals surface area contributed by atoms with Crippen LogP contribution < -0.4 is 16.3 Å². The fourth-order valence-corrected chi connectivity index (χ4v) is 2.56. The van der Waals surface area contributed by atoms with Gasteiger partial charge in [0.05, 0.1) is 10.7 Å². The van der Waals surface area contributed by atoms with E-state index in [1.54, 1.807) is 6.07 Å². The summed E-state index contributed by atoms with van der Waals surface area (Å²) in [7, 11) is 0. The van der Waals surface area contributed by atoms with Crippen molar-refractivity contribution in [2.45, 2.75) is 12.8 Å². The number of nitrogens with zero attached hydrogens (tertiary/aromatic N) is 1. The number of rotatable bonds is 2. The van der Waals surface area contributed by atoms with E-state index in [0.717, 1.165) is 42.9 Å². The zero-order valence-corrected chi connectivity index (χ0v) is 11.6. The molecule has 0 amide bonds. The molecule has 3 rings (SSSR count). The van der Waals surface area contributed by atoms with E-state index in [0.29, 0.717) is 10.8 Å². The van der Waals surface area contributed by atoms with Gasteiger partial charge in [0.1, 0.15) is 5.82 Å². The number of para-hydroxylation sites is 1. The lowest BCUT2D eigenvalue weighted by atomic mass is 10.1. The molecule has 0 saturated carbocycles. The number of hydrogen-bond acceptors (Lipinski definition) is 4. The van der Waals surface area contributed by atoms with Crippen molar-refractivity contribution in [3.63, 3.8) is 0 Å². The Balaban J connectivity index is 2.03. The molecule has 1 aliphatic rings. The molecule has 0 spiro atoms. The van der Waals surface area contributed by atoms with Gasteiger partial charge in [0.2, 0.25) is 0 Å². The van der Waals surface area contributed by atoms with Crippen molar-refractivity contribution in [2.24, 2.45) is 0 Å². The van der Waals surface area contributed by atoms with Crippen molar-refractivity contribution in [3.05, 3.63) is 51.0 Å². The topological polar surface area (TPSA) is 69.8 Å². The third-order valence-electron chi connectivity index (χ3n) is 3.35. The molecule has 2 heterocycles. The van der Waals surface area contributed by atoms with Crippen LogP contribution in [0.5, 0.6) is 0 Å². The van der Waals surface area contributed by atoms with Crippen LogP contribution in [0.15, 0.2) is 29.1 Å². The van der Waals surface area contributed by atoms with Crippen LogP contribution in [0.1, 0.15) is 11.3 Å². The number of anilines is 2. The van der Waals surface area contributed by atoms with Gasteiger partial charge >= 0.3 is 5.69 Å². The lowest BCUT2D eigenvalue weighted by molar-refractivity contribution is 0.708. The number of nitrogens with one attached hydrogen (secondary N) is 3. The number of hydrogen-bond donors (Lipinski definition) is 3. The van der Waals surface area contributed by atoms with E-state index in [-0.39, 0.29) is 5.69 Å². The highest BCUT2D eigenvalue weighted by Crippen LogP contribution is 2.26. The van der Waals surface area contributed by atoms with Gasteiger partial charge in [-0.25, -0.2) is 4.79 Å². The molecule has 0 bridgehead atoms. The summed E-state index contributed by atoms with van der Waals surface area (Å²) in [5.41, 5.74) is 2.42. The fraction of sp³-hybridized carbons (Fsp3) is 0.286. The van der Waals surface area contributed by atoms with Gasteiger partial charge in [0.25, 0.3) is 0 Å². The molecule has 6 heteroatoms. The van der Waals surface area contributed by atoms with Gasteiger partial charge in [-0.2, -0.15) is 4.98 Å². The number of H-pyrrole nitrogens is 1. The molecule has 0 atom stereocenters. The molecule has 2 aromatic rings. The smallest absolute Gasteiger partial charge is 0.339 e. The molecule has 104 valence electrons. The second kappa shape index (κ2) is 5.64. The number of aromatic nitrogens is 2. The van der Waals surface area contributed by atoms with Crippen molar-refractivity contribution in [1.29, 1.82) is 0 Å². The van der Waals surface area contributed by atoms with Crippen molar-refractivity contribution >= 4 is 23.1 Å². The van der Waals surface area contributed by atoms with Crippen LogP contribution in [0.2, 0.25) is 5.02 Å². The maximum atomic E-state index is 11.7. The van der Waals surface area contributed by atoms with E-state index >= 15 is 0 Å². The van der Waals surface area contributed by atoms with Gasteiger partial charge in [-0.15, -0.1) is 0 Å². The van der Waals surface area contributed by atoms with Crippen LogP contribution in [0, 0.1) is 0 Å². The van der Waals surface area contributed by atoms with Crippen LogP contribution in [0.3, 0.4) is 0 Å². The highest BCUT2D eigenvalue weighted by Gasteiger charge is 2.15. The number of benzene rings is 1. The molecule has 20 heavy (non-hydrogen) atoms. The Kier molecular flexibility index (Phi) is 3.71. The van der Waals surface area contributed by atoms with E-state index < -0.39 is 0 Å². The molecule has 5 nitrogen and oxygen atoms in total. The lowest BCUT2D eigenvalue weighted by Gasteiger charge is -2.13. The van der Waals surface area contributed by atoms with Gasteiger partial charge in [-0.1, -0.05) is 23.7 Å². The Morgan fingerprint density at radius 1 is 1.20 bits per heavy atom. The SMILES string of the molecule is O=c1nc(Nc2ccccc2Cl)c2c([nH]1)CCNCC2. The molecule has 1 aromatic heterocycles. The summed E-state index contributed by atoms with van der Waals surface area (Å²) in [5.74, 6) is 0.598. The fourth-order valence-electron chi connectivity index (χ4n) is 2.37. The van der Waals surface area contributed by atoms with Gasteiger partial charge in [0, 0.05) is 24.2 Å². The number of fused-ring (bicyclic) bond motifs is 1. The molecule has 0 radical (unpaired) electrons. The average molecular weight is 291 g/mol. The zero-order valence-electron chi connectivity index (χ0n) is 10.9. The summed E-state index contributed by atoms with van der Waals surface area (Å²) in [6.07, 6.45) is 1.62. The molecule has 3 N–H and O–H groups in total. The van der Waals surface area contributed by atoms with Crippen molar-refractivity contribution in [1.82, 2.24) is 15.3 Å². The summed E-state index contributed by atoms with van der Waals surface area (Å²) in [6, 6.07) is 7.43. The molecular formula is C14H15ClN4O. The van der Waals surface area contributed by atoms with Crippen molar-refractivity contribution < 1.29 is 0 Å². The van der Waals surface area contributed by atoms with E-state index in [1.807, 2.05) is 18.2 Å². The van der Waals surface area contributed by atoms with Gasteiger partial charge in [-0.05, 0) is 25.1 Å². The van der Waals surface area contributed by atoms with Gasteiger partial charge < -0.3 is 15.6 Å². The summed E-state index contributed by atoms with van der Waals surface area (Å²) in [5, 5.41) is 7.10. The average Bonchev–Trinajstić information content (AvgIpc) is 2.66. The summed E-state index contributed by atoms with van der Waals surface area (Å²) >= 11 is 6.14. The van der Waals surface area contributed by atoms with E-state index in [1.165, 1.54) is 0 Å². The first kappa shape index (κ1) is 13.1. The van der Waals surface area contributed by atoms with Crippen LogP contribution in [0.25, 0.3) is 0 Å². The first-order valence-electron chi connectivity index (χ1n) is 6.58. The van der Waals surface area contributed by atoms with Gasteiger partial charge in [-0.3, -0.25) is 0 Å². The molecular weight excluding hydrogens is 276 g/mol. The molecule has 1 aliphatic heterocycles. The summed E-state index contributed by atoms with van der Waals surface area (Å²) < 4.78 is 0. The second-order valence-electron chi connectivity index (χ2n) is 4.70. The maximum absolute atomic E-state index is 11.7. The molecule has 0 unspecified atom stereocenters. The first-order valence-corrected chi connectivity index (χ1v) is 6.96. The quantitative estimate of drug-likeness (QED) is 0.789. The van der Waals surface area contributed by atoms with E-state index in [9.17, 15) is 4.79 Å². The minimum absolute atomic E-state index is 0.333. The minimum Gasteiger partial charge on any atom is -0.339 e. The molecule has 1 aromatic carbocycles. The second-order valence-corrected chi connectivity index (χ2v) is 5.11. The number of aromatic amines is 1. The van der Waals surface area contributed by atoms with Crippen LogP contribution >= 0.6 is 11.6 Å². The normalized spacial score (nSPS) is 14.4. The summed E-state index contributed by atoms with van der Waals surface area (Å²) in [6.45, 7) is 1.73. The van der Waals surface area contributed by atoms with Crippen molar-refractivity contribution in [3.8, 4) is 0 Å². The Morgan fingerprint density at radius 3 is 2.85 bits per heavy atom. The largest absolute Gasteiger partial charge is 0.347 e. The Morgan fingerprint density at radius 2 is 2.00 bits per heavy atom. The molecule has 0 saturated heterocycles. The minimum atomic E-state index is -0.333. The molecule has 0 aliphatic carbocycles. The van der Waals surface area contributed by atoms with E-state index in [2.05, 4.69) is 20.6 Å². The third kappa shape index (κ3) is 2.69. The number of halogens is 1. The predicted octanol–water partition coefficient (Wildman–Crippen LogP) is 1.86. The van der Waals surface area contributed by atoms with Crippen LogP contribution in [-0.2, 0) is 12.8 Å². The zero-order chi connectivity index (χ0) is 13.9. The summed E-state index contributed by atoms with van der Waals surface area (Å²) in [4.78, 5) is 18.6. The Bertz CT molecular complexity index is 683. The Labute approximate surface area is 121 Å².